The molecule has 6 heteroatoms. The van der Waals surface area contributed by atoms with E-state index in [1.54, 1.807) is 6.33 Å². The number of H-pyrrole nitrogens is 1. The summed E-state index contributed by atoms with van der Waals surface area (Å²) < 4.78 is 0. The summed E-state index contributed by atoms with van der Waals surface area (Å²) in [6, 6.07) is 8.81. The molecule has 1 unspecified atom stereocenters. The minimum atomic E-state index is 0.152. The number of imidazole rings is 1. The van der Waals surface area contributed by atoms with Crippen LogP contribution < -0.4 is 5.32 Å². The average Bonchev–Trinajstić information content (AvgIpc) is 2.97. The smallest absolute Gasteiger partial charge is 0.182 e. The van der Waals surface area contributed by atoms with Gasteiger partial charge in [-0.1, -0.05) is 26.0 Å². The highest BCUT2D eigenvalue weighted by molar-refractivity contribution is 7.99. The topological polar surface area (TPSA) is 66.5 Å². The van der Waals surface area contributed by atoms with Gasteiger partial charge in [0.05, 0.1) is 12.4 Å². The second-order valence-corrected chi connectivity index (χ2v) is 7.08. The number of hydrogen-bond acceptors (Lipinski definition) is 5. The fraction of sp³-hybridized carbons (Fsp3) is 0.312. The number of nitrogens with one attached hydrogen (secondary N) is 2. The Morgan fingerprint density at radius 2 is 1.82 bits per heavy atom. The molecule has 3 aromatic rings. The molecule has 0 fully saturated rings. The maximum absolute atomic E-state index is 4.30. The maximum atomic E-state index is 4.30. The molecular formula is C16H19N5S. The van der Waals surface area contributed by atoms with Gasteiger partial charge in [-0.3, -0.25) is 0 Å². The molecule has 1 atom stereocenters. The minimum Gasteiger partial charge on any atom is -0.362 e. The van der Waals surface area contributed by atoms with E-state index < -0.39 is 0 Å². The van der Waals surface area contributed by atoms with Crippen molar-refractivity contribution < 1.29 is 0 Å². The fourth-order valence-electron chi connectivity index (χ4n) is 2.27. The lowest BCUT2D eigenvalue weighted by molar-refractivity contribution is 0.873. The van der Waals surface area contributed by atoms with Gasteiger partial charge in [-0.2, -0.15) is 0 Å². The maximum Gasteiger partial charge on any atom is 0.182 e. The molecule has 3 rings (SSSR count). The van der Waals surface area contributed by atoms with E-state index in [2.05, 4.69) is 70.3 Å². The number of rotatable bonds is 5. The van der Waals surface area contributed by atoms with Crippen molar-refractivity contribution in [3.8, 4) is 0 Å². The Morgan fingerprint density at radius 3 is 2.55 bits per heavy atom. The summed E-state index contributed by atoms with van der Waals surface area (Å²) >= 11 is 1.87. The van der Waals surface area contributed by atoms with Crippen molar-refractivity contribution in [2.45, 2.75) is 37.0 Å². The summed E-state index contributed by atoms with van der Waals surface area (Å²) in [4.78, 5) is 16.9. The van der Waals surface area contributed by atoms with Gasteiger partial charge < -0.3 is 10.3 Å². The number of fused-ring (bicyclic) bond motifs is 1. The van der Waals surface area contributed by atoms with Crippen LogP contribution >= 0.6 is 11.8 Å². The summed E-state index contributed by atoms with van der Waals surface area (Å²) in [5, 5.41) is 4.01. The van der Waals surface area contributed by atoms with Crippen molar-refractivity contribution in [1.29, 1.82) is 0 Å². The summed E-state index contributed by atoms with van der Waals surface area (Å²) in [6.07, 6.45) is 3.16. The van der Waals surface area contributed by atoms with E-state index in [0.717, 1.165) is 11.3 Å². The lowest BCUT2D eigenvalue weighted by atomic mass is 10.1. The van der Waals surface area contributed by atoms with Crippen molar-refractivity contribution >= 4 is 28.7 Å². The van der Waals surface area contributed by atoms with Gasteiger partial charge in [0.2, 0.25) is 0 Å². The van der Waals surface area contributed by atoms with E-state index in [1.807, 2.05) is 11.8 Å². The molecule has 2 heterocycles. The number of thioether (sulfide) groups is 1. The molecule has 114 valence electrons. The predicted molar refractivity (Wildman–Crippen MR) is 91.2 cm³/mol. The molecule has 0 aliphatic heterocycles. The highest BCUT2D eigenvalue weighted by Gasteiger charge is 2.10. The van der Waals surface area contributed by atoms with E-state index in [1.165, 1.54) is 16.8 Å². The van der Waals surface area contributed by atoms with Gasteiger partial charge in [-0.05, 0) is 24.6 Å². The zero-order valence-electron chi connectivity index (χ0n) is 12.9. The number of anilines is 1. The first kappa shape index (κ1) is 14.8. The molecule has 0 saturated carbocycles. The molecule has 1 aromatic carbocycles. The summed E-state index contributed by atoms with van der Waals surface area (Å²) in [5.74, 6) is 0.774. The Bertz CT molecular complexity index is 751. The number of aromatic amines is 1. The lowest BCUT2D eigenvalue weighted by Crippen LogP contribution is -2.08. The summed E-state index contributed by atoms with van der Waals surface area (Å²) in [6.45, 7) is 6.52. The van der Waals surface area contributed by atoms with Crippen LogP contribution in [0.1, 0.15) is 32.4 Å². The van der Waals surface area contributed by atoms with Gasteiger partial charge in [0.25, 0.3) is 0 Å². The first-order chi connectivity index (χ1) is 10.6. The third-order valence-electron chi connectivity index (χ3n) is 3.33. The van der Waals surface area contributed by atoms with Crippen molar-refractivity contribution in [3.05, 3.63) is 42.5 Å². The Morgan fingerprint density at radius 1 is 1.05 bits per heavy atom. The Kier molecular flexibility index (Phi) is 4.29. The number of aromatic nitrogens is 4. The average molecular weight is 313 g/mol. The molecule has 5 nitrogen and oxygen atoms in total. The molecule has 0 bridgehead atoms. The van der Waals surface area contributed by atoms with Crippen molar-refractivity contribution in [3.63, 3.8) is 0 Å². The molecule has 2 aromatic heterocycles. The highest BCUT2D eigenvalue weighted by atomic mass is 32.2. The van der Waals surface area contributed by atoms with Crippen LogP contribution in [0, 0.1) is 0 Å². The molecular weight excluding hydrogens is 294 g/mol. The Balaban J connectivity index is 1.76. The van der Waals surface area contributed by atoms with E-state index >= 15 is 0 Å². The van der Waals surface area contributed by atoms with Gasteiger partial charge in [0.1, 0.15) is 11.8 Å². The van der Waals surface area contributed by atoms with Crippen LogP contribution in [0.25, 0.3) is 11.2 Å². The summed E-state index contributed by atoms with van der Waals surface area (Å²) in [7, 11) is 0. The quantitative estimate of drug-likeness (QED) is 0.696. The van der Waals surface area contributed by atoms with Crippen LogP contribution in [0.2, 0.25) is 0 Å². The molecule has 0 saturated heterocycles. The van der Waals surface area contributed by atoms with Crippen LogP contribution in [0.3, 0.4) is 0 Å². The lowest BCUT2D eigenvalue weighted by Gasteiger charge is -2.15. The van der Waals surface area contributed by atoms with Crippen LogP contribution in [-0.2, 0) is 0 Å². The van der Waals surface area contributed by atoms with E-state index in [0.29, 0.717) is 10.9 Å². The van der Waals surface area contributed by atoms with Crippen LogP contribution in [0.15, 0.2) is 41.8 Å². The molecule has 22 heavy (non-hydrogen) atoms. The monoisotopic (exact) mass is 313 g/mol. The van der Waals surface area contributed by atoms with E-state index in [9.17, 15) is 0 Å². The van der Waals surface area contributed by atoms with Gasteiger partial charge in [0, 0.05) is 10.1 Å². The van der Waals surface area contributed by atoms with E-state index in [4.69, 9.17) is 0 Å². The molecule has 2 N–H and O–H groups in total. The first-order valence-corrected chi connectivity index (χ1v) is 8.18. The van der Waals surface area contributed by atoms with Gasteiger partial charge in [-0.25, -0.2) is 15.0 Å². The highest BCUT2D eigenvalue weighted by Crippen LogP contribution is 2.26. The summed E-state index contributed by atoms with van der Waals surface area (Å²) in [5.41, 5.74) is 2.73. The zero-order valence-corrected chi connectivity index (χ0v) is 13.7. The number of nitrogens with zero attached hydrogens (tertiary/aromatic N) is 3. The standard InChI is InChI=1S/C16H19N5S/c1-10(2)22-13-6-4-12(5-7-13)11(3)21-16-14-15(18-8-17-14)19-9-20-16/h4-11H,1-3H3,(H2,17,18,19,20,21). The van der Waals surface area contributed by atoms with Gasteiger partial charge in [0.15, 0.2) is 11.5 Å². The molecule has 0 aliphatic carbocycles. The second-order valence-electron chi connectivity index (χ2n) is 5.43. The normalized spacial score (nSPS) is 12.7. The van der Waals surface area contributed by atoms with E-state index in [-0.39, 0.29) is 6.04 Å². The van der Waals surface area contributed by atoms with Crippen molar-refractivity contribution in [2.24, 2.45) is 0 Å². The SMILES string of the molecule is CC(C)Sc1ccc(C(C)Nc2ncnc3nc[nH]c23)cc1. The second kappa shape index (κ2) is 6.36. The number of hydrogen-bond donors (Lipinski definition) is 2. The Hall–Kier alpha value is -2.08. The predicted octanol–water partition coefficient (Wildman–Crippen LogP) is 4.03. The van der Waals surface area contributed by atoms with Crippen molar-refractivity contribution in [1.82, 2.24) is 19.9 Å². The van der Waals surface area contributed by atoms with Crippen LogP contribution in [0.5, 0.6) is 0 Å². The number of benzene rings is 1. The molecule has 0 amide bonds. The van der Waals surface area contributed by atoms with Gasteiger partial charge >= 0.3 is 0 Å². The Labute approximate surface area is 134 Å². The third kappa shape index (κ3) is 3.22. The first-order valence-electron chi connectivity index (χ1n) is 7.30. The zero-order chi connectivity index (χ0) is 15.5. The molecule has 0 aliphatic rings. The third-order valence-corrected chi connectivity index (χ3v) is 4.34. The largest absolute Gasteiger partial charge is 0.362 e. The van der Waals surface area contributed by atoms with Gasteiger partial charge in [-0.15, -0.1) is 11.8 Å². The van der Waals surface area contributed by atoms with Crippen LogP contribution in [0.4, 0.5) is 5.82 Å². The van der Waals surface area contributed by atoms with Crippen LogP contribution in [-0.4, -0.2) is 25.2 Å². The fourth-order valence-corrected chi connectivity index (χ4v) is 3.11. The minimum absolute atomic E-state index is 0.152. The molecule has 0 radical (unpaired) electrons. The molecule has 0 spiro atoms. The van der Waals surface area contributed by atoms with Crippen molar-refractivity contribution in [2.75, 3.05) is 5.32 Å².